The smallest absolute Gasteiger partial charge is 0.348 e. The lowest BCUT2D eigenvalue weighted by Crippen LogP contribution is -1.96. The van der Waals surface area contributed by atoms with Crippen LogP contribution in [0.15, 0.2) is 36.4 Å². The molecule has 0 fully saturated rings. The van der Waals surface area contributed by atoms with Gasteiger partial charge in [0.1, 0.15) is 10.6 Å². The third-order valence-electron chi connectivity index (χ3n) is 3.09. The van der Waals surface area contributed by atoms with Gasteiger partial charge in [-0.25, -0.2) is 4.79 Å². The summed E-state index contributed by atoms with van der Waals surface area (Å²) in [5, 5.41) is 3.28. The summed E-state index contributed by atoms with van der Waals surface area (Å²) in [4.78, 5) is 12.2. The van der Waals surface area contributed by atoms with Crippen LogP contribution in [0.1, 0.15) is 9.67 Å². The summed E-state index contributed by atoms with van der Waals surface area (Å²) < 4.78 is 11.1. The van der Waals surface area contributed by atoms with E-state index in [-0.39, 0.29) is 5.97 Å². The minimum absolute atomic E-state index is 0.289. The first-order valence-electron chi connectivity index (χ1n) is 5.81. The molecule has 96 valence electrons. The number of esters is 1. The van der Waals surface area contributed by atoms with E-state index in [0.717, 1.165) is 26.6 Å². The number of benzene rings is 2. The summed E-state index contributed by atoms with van der Waals surface area (Å²) in [6, 6.07) is 11.9. The third-order valence-corrected chi connectivity index (χ3v) is 4.26. The molecule has 0 atom stereocenters. The Kier molecular flexibility index (Phi) is 2.87. The van der Waals surface area contributed by atoms with E-state index in [2.05, 4.69) is 0 Å². The van der Waals surface area contributed by atoms with Crippen molar-refractivity contribution in [3.8, 4) is 5.75 Å². The van der Waals surface area contributed by atoms with Gasteiger partial charge in [0.2, 0.25) is 0 Å². The lowest BCUT2D eigenvalue weighted by Gasteiger charge is -2.03. The number of thiophene rings is 1. The van der Waals surface area contributed by atoms with E-state index in [9.17, 15) is 4.79 Å². The van der Waals surface area contributed by atoms with Crippen LogP contribution in [0.5, 0.6) is 5.75 Å². The Bertz CT molecular complexity index is 774. The van der Waals surface area contributed by atoms with Crippen LogP contribution in [-0.2, 0) is 4.74 Å². The second-order valence-corrected chi connectivity index (χ2v) is 5.23. The van der Waals surface area contributed by atoms with Crippen LogP contribution in [0, 0.1) is 0 Å². The molecule has 3 nitrogen and oxygen atoms in total. The zero-order valence-corrected chi connectivity index (χ0v) is 11.4. The minimum atomic E-state index is -0.289. The Morgan fingerprint density at radius 2 is 1.84 bits per heavy atom. The van der Waals surface area contributed by atoms with E-state index in [1.54, 1.807) is 7.11 Å². The molecule has 1 heterocycles. The number of hydrogen-bond acceptors (Lipinski definition) is 4. The number of hydrogen-bond donors (Lipinski definition) is 0. The van der Waals surface area contributed by atoms with Crippen molar-refractivity contribution in [1.82, 2.24) is 0 Å². The molecule has 0 unspecified atom stereocenters. The van der Waals surface area contributed by atoms with Gasteiger partial charge in [-0.1, -0.05) is 12.1 Å². The fraction of sp³-hybridized carbons (Fsp3) is 0.133. The first-order chi connectivity index (χ1) is 9.22. The second-order valence-electron chi connectivity index (χ2n) is 4.17. The summed E-state index contributed by atoms with van der Waals surface area (Å²) >= 11 is 1.46. The molecule has 0 radical (unpaired) electrons. The monoisotopic (exact) mass is 272 g/mol. The predicted octanol–water partition coefficient (Wildman–Crippen LogP) is 3.85. The molecule has 0 saturated heterocycles. The van der Waals surface area contributed by atoms with E-state index in [4.69, 9.17) is 9.47 Å². The number of ether oxygens (including phenoxy) is 2. The summed E-state index contributed by atoms with van der Waals surface area (Å²) in [5.74, 6) is 0.541. The highest BCUT2D eigenvalue weighted by Crippen LogP contribution is 2.34. The molecule has 3 aromatic rings. The quantitative estimate of drug-likeness (QED) is 0.665. The molecule has 0 aliphatic carbocycles. The number of rotatable bonds is 2. The molecular weight excluding hydrogens is 260 g/mol. The highest BCUT2D eigenvalue weighted by atomic mass is 32.1. The summed E-state index contributed by atoms with van der Waals surface area (Å²) in [6.07, 6.45) is 0. The molecule has 0 spiro atoms. The van der Waals surface area contributed by atoms with Gasteiger partial charge < -0.3 is 9.47 Å². The molecule has 0 aliphatic rings. The Labute approximate surface area is 114 Å². The standard InChI is InChI=1S/C15H12O3S/c1-17-11-5-6-12-9(7-11)3-4-10-8-13(15(16)18-2)19-14(10)12/h3-8H,1-2H3. The van der Waals surface area contributed by atoms with Gasteiger partial charge in [0, 0.05) is 4.70 Å². The average Bonchev–Trinajstić information content (AvgIpc) is 2.90. The van der Waals surface area contributed by atoms with Crippen LogP contribution in [0.25, 0.3) is 20.9 Å². The van der Waals surface area contributed by atoms with Crippen molar-refractivity contribution in [2.75, 3.05) is 14.2 Å². The van der Waals surface area contributed by atoms with Crippen molar-refractivity contribution in [1.29, 1.82) is 0 Å². The van der Waals surface area contributed by atoms with Crippen molar-refractivity contribution in [3.05, 3.63) is 41.3 Å². The van der Waals surface area contributed by atoms with Gasteiger partial charge in [0.05, 0.1) is 14.2 Å². The summed E-state index contributed by atoms with van der Waals surface area (Å²) in [7, 11) is 3.05. The molecule has 4 heteroatoms. The number of methoxy groups -OCH3 is 2. The summed E-state index contributed by atoms with van der Waals surface area (Å²) in [5.41, 5.74) is 0. The topological polar surface area (TPSA) is 35.5 Å². The fourth-order valence-electron chi connectivity index (χ4n) is 2.13. The molecule has 0 N–H and O–H groups in total. The van der Waals surface area contributed by atoms with Crippen LogP contribution < -0.4 is 4.74 Å². The highest BCUT2D eigenvalue weighted by Gasteiger charge is 2.12. The van der Waals surface area contributed by atoms with E-state index in [0.29, 0.717) is 4.88 Å². The van der Waals surface area contributed by atoms with Crippen LogP contribution in [-0.4, -0.2) is 20.2 Å². The van der Waals surface area contributed by atoms with Crippen molar-refractivity contribution in [2.24, 2.45) is 0 Å². The first kappa shape index (κ1) is 12.0. The normalized spacial score (nSPS) is 10.8. The van der Waals surface area contributed by atoms with Crippen LogP contribution in [0.3, 0.4) is 0 Å². The van der Waals surface area contributed by atoms with Gasteiger partial charge in [-0.3, -0.25) is 0 Å². The zero-order valence-electron chi connectivity index (χ0n) is 10.6. The van der Waals surface area contributed by atoms with Crippen LogP contribution in [0.2, 0.25) is 0 Å². The SMILES string of the molecule is COC(=O)c1cc2ccc3cc(OC)ccc3c2s1. The molecule has 2 aromatic carbocycles. The second kappa shape index (κ2) is 4.55. The molecule has 3 rings (SSSR count). The molecular formula is C15H12O3S. The molecule has 0 bridgehead atoms. The predicted molar refractivity (Wildman–Crippen MR) is 77.2 cm³/mol. The molecule has 0 amide bonds. The molecule has 0 saturated carbocycles. The van der Waals surface area contributed by atoms with E-state index < -0.39 is 0 Å². The summed E-state index contributed by atoms with van der Waals surface area (Å²) in [6.45, 7) is 0. The number of fused-ring (bicyclic) bond motifs is 3. The minimum Gasteiger partial charge on any atom is -0.497 e. The van der Waals surface area contributed by atoms with Crippen molar-refractivity contribution >= 4 is 38.2 Å². The molecule has 0 aliphatic heterocycles. The van der Waals surface area contributed by atoms with E-state index >= 15 is 0 Å². The molecule has 1 aromatic heterocycles. The highest BCUT2D eigenvalue weighted by molar-refractivity contribution is 7.21. The fourth-order valence-corrected chi connectivity index (χ4v) is 3.25. The number of carbonyl (C=O) groups is 1. The Hall–Kier alpha value is -2.07. The van der Waals surface area contributed by atoms with Gasteiger partial charge in [0.15, 0.2) is 0 Å². The Morgan fingerprint density at radius 1 is 1.05 bits per heavy atom. The first-order valence-corrected chi connectivity index (χ1v) is 6.63. The maximum absolute atomic E-state index is 11.6. The van der Waals surface area contributed by atoms with Gasteiger partial charge >= 0.3 is 5.97 Å². The van der Waals surface area contributed by atoms with Gasteiger partial charge in [0.25, 0.3) is 0 Å². The Morgan fingerprint density at radius 3 is 2.58 bits per heavy atom. The third kappa shape index (κ3) is 1.94. The maximum Gasteiger partial charge on any atom is 0.348 e. The lowest BCUT2D eigenvalue weighted by molar-refractivity contribution is 0.0606. The van der Waals surface area contributed by atoms with Gasteiger partial charge in [-0.2, -0.15) is 0 Å². The zero-order chi connectivity index (χ0) is 13.4. The average molecular weight is 272 g/mol. The van der Waals surface area contributed by atoms with E-state index in [1.807, 2.05) is 36.4 Å². The van der Waals surface area contributed by atoms with Crippen LogP contribution in [0.4, 0.5) is 0 Å². The van der Waals surface area contributed by atoms with Crippen molar-refractivity contribution in [3.63, 3.8) is 0 Å². The lowest BCUT2D eigenvalue weighted by atomic mass is 10.1. The van der Waals surface area contributed by atoms with Crippen molar-refractivity contribution in [2.45, 2.75) is 0 Å². The van der Waals surface area contributed by atoms with Crippen molar-refractivity contribution < 1.29 is 14.3 Å². The Balaban J connectivity index is 2.27. The number of carbonyl (C=O) groups excluding carboxylic acids is 1. The van der Waals surface area contributed by atoms with Crippen LogP contribution >= 0.6 is 11.3 Å². The van der Waals surface area contributed by atoms with Gasteiger partial charge in [-0.15, -0.1) is 11.3 Å². The molecule has 19 heavy (non-hydrogen) atoms. The van der Waals surface area contributed by atoms with Gasteiger partial charge in [-0.05, 0) is 40.4 Å². The van der Waals surface area contributed by atoms with E-state index in [1.165, 1.54) is 18.4 Å². The maximum atomic E-state index is 11.6. The largest absolute Gasteiger partial charge is 0.497 e.